The highest BCUT2D eigenvalue weighted by molar-refractivity contribution is 6.30. The fourth-order valence-electron chi connectivity index (χ4n) is 3.61. The number of hydrogen-bond donors (Lipinski definition) is 1. The zero-order valence-electron chi connectivity index (χ0n) is 17.4. The maximum atomic E-state index is 13.4. The van der Waals surface area contributed by atoms with Crippen molar-refractivity contribution in [2.45, 2.75) is 19.1 Å². The molecule has 1 aromatic heterocycles. The molecule has 0 saturated heterocycles. The highest BCUT2D eigenvalue weighted by Gasteiger charge is 2.31. The van der Waals surface area contributed by atoms with Crippen LogP contribution in [0.2, 0.25) is 5.02 Å². The van der Waals surface area contributed by atoms with Gasteiger partial charge in [-0.15, -0.1) is 0 Å². The van der Waals surface area contributed by atoms with Crippen LogP contribution in [-0.2, 0) is 6.18 Å². The van der Waals surface area contributed by atoms with Crippen LogP contribution in [0.5, 0.6) is 0 Å². The quantitative estimate of drug-likeness (QED) is 0.388. The lowest BCUT2D eigenvalue weighted by atomic mass is 10.1. The van der Waals surface area contributed by atoms with Crippen LogP contribution in [-0.4, -0.2) is 10.5 Å². The van der Waals surface area contributed by atoms with E-state index in [0.29, 0.717) is 15.9 Å². The van der Waals surface area contributed by atoms with Gasteiger partial charge in [0.15, 0.2) is 0 Å². The van der Waals surface area contributed by atoms with Crippen molar-refractivity contribution in [1.29, 1.82) is 0 Å². The first-order valence-corrected chi connectivity index (χ1v) is 10.4. The minimum absolute atomic E-state index is 0.0198. The van der Waals surface area contributed by atoms with Gasteiger partial charge >= 0.3 is 6.18 Å². The molecule has 4 aromatic rings. The lowest BCUT2D eigenvalue weighted by Crippen LogP contribution is -2.34. The number of alkyl halides is 3. The number of benzene rings is 3. The number of carbonyl (C=O) groups is 1. The molecule has 0 fully saturated rings. The van der Waals surface area contributed by atoms with Gasteiger partial charge in [0.25, 0.3) is 11.5 Å². The summed E-state index contributed by atoms with van der Waals surface area (Å²) in [5.74, 6) is -0.631. The van der Waals surface area contributed by atoms with Crippen molar-refractivity contribution in [3.63, 3.8) is 0 Å². The Balaban J connectivity index is 1.81. The van der Waals surface area contributed by atoms with Gasteiger partial charge in [-0.05, 0) is 60.3 Å². The number of amides is 1. The lowest BCUT2D eigenvalue weighted by molar-refractivity contribution is -0.137. The van der Waals surface area contributed by atoms with E-state index < -0.39 is 29.2 Å². The van der Waals surface area contributed by atoms with Gasteiger partial charge in [0.05, 0.1) is 17.1 Å². The van der Waals surface area contributed by atoms with E-state index in [4.69, 9.17) is 11.6 Å². The van der Waals surface area contributed by atoms with Gasteiger partial charge in [-0.25, -0.2) is 0 Å². The van der Waals surface area contributed by atoms with Gasteiger partial charge in [-0.1, -0.05) is 48.0 Å². The highest BCUT2D eigenvalue weighted by atomic mass is 35.5. The molecule has 4 rings (SSSR count). The second-order valence-corrected chi connectivity index (χ2v) is 7.99. The number of rotatable bonds is 4. The molecule has 1 unspecified atom stereocenters. The molecule has 1 N–H and O–H groups in total. The summed E-state index contributed by atoms with van der Waals surface area (Å²) in [6, 6.07) is 19.1. The number of para-hydroxylation sites is 1. The maximum Gasteiger partial charge on any atom is 0.416 e. The Morgan fingerprint density at radius 2 is 1.67 bits per heavy atom. The predicted octanol–water partition coefficient (Wildman–Crippen LogP) is 6.15. The molecule has 8 heteroatoms. The van der Waals surface area contributed by atoms with Crippen LogP contribution >= 0.6 is 11.6 Å². The third-order valence-electron chi connectivity index (χ3n) is 5.30. The third-order valence-corrected chi connectivity index (χ3v) is 5.56. The maximum absolute atomic E-state index is 13.4. The van der Waals surface area contributed by atoms with E-state index in [2.05, 4.69) is 5.32 Å². The number of hydrogen-bond acceptors (Lipinski definition) is 2. The summed E-state index contributed by atoms with van der Waals surface area (Å²) >= 11 is 5.91. The van der Waals surface area contributed by atoms with Gasteiger partial charge in [-0.3, -0.25) is 14.2 Å². The van der Waals surface area contributed by atoms with E-state index in [1.165, 1.54) is 18.2 Å². The molecule has 168 valence electrons. The van der Waals surface area contributed by atoms with Crippen LogP contribution in [0.1, 0.15) is 34.5 Å². The van der Waals surface area contributed by atoms with E-state index in [1.54, 1.807) is 55.5 Å². The van der Waals surface area contributed by atoms with Crippen molar-refractivity contribution < 1.29 is 18.0 Å². The highest BCUT2D eigenvalue weighted by Crippen LogP contribution is 2.31. The SMILES string of the molecule is CC(NC(=O)c1cc2ccccc2n(-c2cccc(C(F)(F)F)c2)c1=O)c1ccc(Cl)cc1. The van der Waals surface area contributed by atoms with E-state index in [-0.39, 0.29) is 11.3 Å². The van der Waals surface area contributed by atoms with Crippen molar-refractivity contribution in [1.82, 2.24) is 9.88 Å². The first kappa shape index (κ1) is 22.6. The molecule has 3 aromatic carbocycles. The molecule has 0 aliphatic heterocycles. The molecule has 4 nitrogen and oxygen atoms in total. The molecule has 0 spiro atoms. The average molecular weight is 471 g/mol. The number of aromatic nitrogens is 1. The molecule has 1 atom stereocenters. The van der Waals surface area contributed by atoms with Gasteiger partial charge in [0.1, 0.15) is 5.56 Å². The average Bonchev–Trinajstić information content (AvgIpc) is 2.78. The Morgan fingerprint density at radius 1 is 0.970 bits per heavy atom. The molecular formula is C25H18ClF3N2O2. The zero-order valence-corrected chi connectivity index (χ0v) is 18.1. The summed E-state index contributed by atoms with van der Waals surface area (Å²) in [7, 11) is 0. The summed E-state index contributed by atoms with van der Waals surface area (Å²) in [5.41, 5.74) is -0.578. The summed E-state index contributed by atoms with van der Waals surface area (Å²) in [6.45, 7) is 1.76. The predicted molar refractivity (Wildman–Crippen MR) is 122 cm³/mol. The van der Waals surface area contributed by atoms with Crippen LogP contribution in [0.4, 0.5) is 13.2 Å². The molecule has 1 amide bonds. The van der Waals surface area contributed by atoms with Crippen LogP contribution in [0.3, 0.4) is 0 Å². The molecule has 0 saturated carbocycles. The minimum Gasteiger partial charge on any atom is -0.345 e. The first-order valence-electron chi connectivity index (χ1n) is 10.0. The number of halogens is 4. The molecule has 33 heavy (non-hydrogen) atoms. The largest absolute Gasteiger partial charge is 0.416 e. The molecule has 0 aliphatic carbocycles. The summed E-state index contributed by atoms with van der Waals surface area (Å²) in [6.07, 6.45) is -4.57. The first-order chi connectivity index (χ1) is 15.6. The normalized spacial score (nSPS) is 12.5. The number of nitrogens with one attached hydrogen (secondary N) is 1. The van der Waals surface area contributed by atoms with Crippen LogP contribution in [0.15, 0.2) is 83.7 Å². The van der Waals surface area contributed by atoms with Crippen molar-refractivity contribution >= 4 is 28.4 Å². The van der Waals surface area contributed by atoms with Gasteiger partial charge < -0.3 is 5.32 Å². The van der Waals surface area contributed by atoms with Crippen LogP contribution < -0.4 is 10.9 Å². The molecule has 0 aliphatic rings. The molecular weight excluding hydrogens is 453 g/mol. The third kappa shape index (κ3) is 4.64. The summed E-state index contributed by atoms with van der Waals surface area (Å²) in [5, 5.41) is 3.87. The topological polar surface area (TPSA) is 51.1 Å². The van der Waals surface area contributed by atoms with Crippen molar-refractivity contribution in [3.05, 3.63) is 111 Å². The van der Waals surface area contributed by atoms with E-state index >= 15 is 0 Å². The Hall–Kier alpha value is -3.58. The summed E-state index contributed by atoms with van der Waals surface area (Å²) < 4.78 is 41.0. The standard InChI is InChI=1S/C25H18ClF3N2O2/c1-15(16-9-11-19(26)12-10-16)30-23(32)21-13-17-5-2-3-8-22(17)31(24(21)33)20-7-4-6-18(14-20)25(27,28)29/h2-15H,1H3,(H,30,32). The Morgan fingerprint density at radius 3 is 2.36 bits per heavy atom. The lowest BCUT2D eigenvalue weighted by Gasteiger charge is -2.17. The van der Waals surface area contributed by atoms with E-state index in [0.717, 1.165) is 22.3 Å². The molecule has 1 heterocycles. The van der Waals surface area contributed by atoms with Gasteiger partial charge in [-0.2, -0.15) is 13.2 Å². The van der Waals surface area contributed by atoms with Gasteiger partial charge in [0.2, 0.25) is 0 Å². The fraction of sp³-hybridized carbons (Fsp3) is 0.120. The number of pyridine rings is 1. The number of fused-ring (bicyclic) bond motifs is 1. The Bertz CT molecular complexity index is 1400. The minimum atomic E-state index is -4.57. The molecule has 0 radical (unpaired) electrons. The second-order valence-electron chi connectivity index (χ2n) is 7.55. The van der Waals surface area contributed by atoms with Crippen molar-refractivity contribution in [3.8, 4) is 5.69 Å². The van der Waals surface area contributed by atoms with Crippen LogP contribution in [0, 0.1) is 0 Å². The molecule has 0 bridgehead atoms. The van der Waals surface area contributed by atoms with Crippen molar-refractivity contribution in [2.24, 2.45) is 0 Å². The zero-order chi connectivity index (χ0) is 23.8. The number of carbonyl (C=O) groups excluding carboxylic acids is 1. The number of nitrogens with zero attached hydrogens (tertiary/aromatic N) is 1. The van der Waals surface area contributed by atoms with E-state index in [1.807, 2.05) is 0 Å². The summed E-state index contributed by atoms with van der Waals surface area (Å²) in [4.78, 5) is 26.4. The smallest absolute Gasteiger partial charge is 0.345 e. The monoisotopic (exact) mass is 470 g/mol. The van der Waals surface area contributed by atoms with Crippen LogP contribution in [0.25, 0.3) is 16.6 Å². The fourth-order valence-corrected chi connectivity index (χ4v) is 3.74. The van der Waals surface area contributed by atoms with Gasteiger partial charge in [0, 0.05) is 10.7 Å². The van der Waals surface area contributed by atoms with E-state index in [9.17, 15) is 22.8 Å². The Kier molecular flexibility index (Phi) is 5.99. The second kappa shape index (κ2) is 8.75. The Labute approximate surface area is 192 Å². The van der Waals surface area contributed by atoms with Crippen molar-refractivity contribution in [2.75, 3.05) is 0 Å².